The SMILES string of the molecule is CC1(C)CC(=O)c2c([nH]c(-c3ccncc3)c2Nc2ccc(-c3ccccc3)cc2)C1.CC1(C)CC(=O)c2c([nH]c(-c3ccncc3)c2Nc2cccc(Cc3ccccc3)c2)C1.CC1(C)CC(=O)c2c([nH]c(-c3ccncc3)c2Nc2ccccc2Cc2ccccc2)C1.Cn1nccc1-c1cccc(Nc2c(-c3ccncc3)[nH]c3c2C(=O)CC(C)(C)C3)c1. The molecule has 0 amide bonds. The summed E-state index contributed by atoms with van der Waals surface area (Å²) in [6.45, 7) is 17.2. The third-order valence-electron chi connectivity index (χ3n) is 24.0. The first kappa shape index (κ1) is 83.6. The van der Waals surface area contributed by atoms with Crippen LogP contribution in [0.2, 0.25) is 0 Å². The molecule has 0 unspecified atom stereocenters. The predicted molar refractivity (Wildman–Crippen MR) is 507 cm³/mol. The van der Waals surface area contributed by atoms with E-state index in [-0.39, 0.29) is 44.8 Å². The number of nitrogens with zero attached hydrogens (tertiary/aromatic N) is 6. The lowest BCUT2D eigenvalue weighted by atomic mass is 9.76. The molecular formula is C108H104N14O4. The standard InChI is InChI=1S/2C28H27N3O.C27H25N3O.C25H25N5O/c1-28(2)17-23-25(24(32)18-28)27(26(31-23)20-12-14-29-15-13-20)30-22-11-7-6-10-21(22)16-19-8-4-3-5-9-19;1-28(2)17-23-25(24(32)18-28)27(26(31-23)21-11-13-29-14-12-21)30-22-10-6-9-20(16-22)15-19-7-4-3-5-8-19;1-27(2)16-22-24(23(31)17-27)26(25(30-22)20-12-14-28-15-13-20)29-21-10-8-19(9-11-21)18-6-4-3-5-7-18;1-25(2)14-19-22(21(31)15-25)24(23(29-19)16-7-10-26-11-8-16)28-18-6-4-5-17(13-18)20-9-12-27-30(20)3/h3-15,30-31H,16-18H2,1-2H3;3-14,16,30-31H,15,17-18H2,1-2H3;3-15,29-30H,16-17H2,1-2H3;4-13,28-29H,14-15H2,1-3H3. The molecule has 0 aliphatic heterocycles. The molecule has 4 aliphatic carbocycles. The number of aromatic nitrogens is 10. The average molecular weight is 1660 g/mol. The van der Waals surface area contributed by atoms with Crippen molar-refractivity contribution in [1.82, 2.24) is 49.7 Å². The molecule has 18 heteroatoms. The third-order valence-corrected chi connectivity index (χ3v) is 24.0. The minimum atomic E-state index is -0.0544. The highest BCUT2D eigenvalue weighted by Gasteiger charge is 2.40. The number of rotatable bonds is 18. The van der Waals surface area contributed by atoms with Crippen LogP contribution in [0.4, 0.5) is 45.5 Å². The predicted octanol–water partition coefficient (Wildman–Crippen LogP) is 25.2. The Bertz CT molecular complexity index is 6600. The number of hydrogen-bond acceptors (Lipinski definition) is 13. The van der Waals surface area contributed by atoms with Crippen LogP contribution in [0.3, 0.4) is 0 Å². The number of Topliss-reactive ketones (excluding diaryl/α,β-unsaturated/α-hetero) is 4. The fraction of sp³-hybridized carbons (Fsp3) is 0.213. The Morgan fingerprint density at radius 3 is 1.03 bits per heavy atom. The molecule has 0 fully saturated rings. The number of aryl methyl sites for hydroxylation is 1. The summed E-state index contributed by atoms with van der Waals surface area (Å²) in [7, 11) is 1.93. The van der Waals surface area contributed by atoms with Gasteiger partial charge in [-0.3, -0.25) is 43.8 Å². The van der Waals surface area contributed by atoms with Crippen LogP contribution < -0.4 is 21.3 Å². The van der Waals surface area contributed by atoms with E-state index in [0.29, 0.717) is 25.7 Å². The Balaban J connectivity index is 0.000000119. The maximum absolute atomic E-state index is 13.3. The van der Waals surface area contributed by atoms with E-state index in [1.807, 2.05) is 115 Å². The summed E-state index contributed by atoms with van der Waals surface area (Å²) >= 11 is 0. The lowest BCUT2D eigenvalue weighted by Crippen LogP contribution is -2.26. The topological polar surface area (TPSA) is 249 Å². The number of hydrogen-bond donors (Lipinski definition) is 8. The molecule has 16 aromatic rings. The van der Waals surface area contributed by atoms with E-state index in [4.69, 9.17) is 0 Å². The highest BCUT2D eigenvalue weighted by Crippen LogP contribution is 2.49. The van der Waals surface area contributed by atoms with E-state index < -0.39 is 0 Å². The van der Waals surface area contributed by atoms with E-state index in [0.717, 1.165) is 191 Å². The number of carbonyl (C=O) groups is 4. The van der Waals surface area contributed by atoms with Gasteiger partial charge in [-0.05, 0) is 191 Å². The first-order valence-corrected chi connectivity index (χ1v) is 43.2. The molecule has 18 nitrogen and oxygen atoms in total. The van der Waals surface area contributed by atoms with Gasteiger partial charge in [0.05, 0.1) is 73.5 Å². The number of fused-ring (bicyclic) bond motifs is 4. The molecule has 9 heterocycles. The van der Waals surface area contributed by atoms with E-state index >= 15 is 0 Å². The van der Waals surface area contributed by atoms with E-state index in [1.54, 1.807) is 55.8 Å². The molecule has 0 spiro atoms. The van der Waals surface area contributed by atoms with Crippen molar-refractivity contribution >= 4 is 68.6 Å². The molecule has 4 aliphatic rings. The Labute approximate surface area is 735 Å². The zero-order valence-corrected chi connectivity index (χ0v) is 72.7. The zero-order chi connectivity index (χ0) is 87.3. The summed E-state index contributed by atoms with van der Waals surface area (Å²) in [6, 6.07) is 82.3. The molecule has 7 aromatic carbocycles. The van der Waals surface area contributed by atoms with Gasteiger partial charge in [0, 0.05) is 162 Å². The van der Waals surface area contributed by atoms with E-state index in [9.17, 15) is 19.2 Å². The van der Waals surface area contributed by atoms with Crippen LogP contribution >= 0.6 is 0 Å². The van der Waals surface area contributed by atoms with Gasteiger partial charge in [0.25, 0.3) is 0 Å². The summed E-state index contributed by atoms with van der Waals surface area (Å²) in [6.07, 6.45) is 23.3. The molecule has 0 saturated heterocycles. The van der Waals surface area contributed by atoms with Crippen molar-refractivity contribution in [3.63, 3.8) is 0 Å². The molecule has 9 aromatic heterocycles. The number of benzene rings is 7. The summed E-state index contributed by atoms with van der Waals surface area (Å²) < 4.78 is 1.85. The van der Waals surface area contributed by atoms with Gasteiger partial charge in [0.2, 0.25) is 0 Å². The molecule has 8 N–H and O–H groups in total. The maximum atomic E-state index is 13.3. The smallest absolute Gasteiger partial charge is 0.167 e. The molecule has 126 heavy (non-hydrogen) atoms. The van der Waals surface area contributed by atoms with Gasteiger partial charge in [-0.2, -0.15) is 5.10 Å². The molecular weight excluding hydrogens is 1560 g/mol. The van der Waals surface area contributed by atoms with Gasteiger partial charge in [0.15, 0.2) is 23.1 Å². The normalized spacial score (nSPS) is 14.8. The first-order chi connectivity index (χ1) is 60.9. The van der Waals surface area contributed by atoms with Crippen molar-refractivity contribution in [2.45, 2.75) is 120 Å². The van der Waals surface area contributed by atoms with Gasteiger partial charge in [-0.1, -0.05) is 201 Å². The fourth-order valence-electron chi connectivity index (χ4n) is 18.2. The minimum Gasteiger partial charge on any atom is -0.356 e. The van der Waals surface area contributed by atoms with Gasteiger partial charge in [0.1, 0.15) is 0 Å². The van der Waals surface area contributed by atoms with E-state index in [2.05, 4.69) is 261 Å². The molecule has 0 atom stereocenters. The second-order valence-electron chi connectivity index (χ2n) is 36.7. The van der Waals surface area contributed by atoms with Crippen LogP contribution in [-0.4, -0.2) is 72.8 Å². The third kappa shape index (κ3) is 18.9. The summed E-state index contributed by atoms with van der Waals surface area (Å²) in [5, 5.41) is 18.6. The Morgan fingerprint density at radius 1 is 0.294 bits per heavy atom. The zero-order valence-electron chi connectivity index (χ0n) is 72.7. The van der Waals surface area contributed by atoms with Gasteiger partial charge in [-0.25, -0.2) is 0 Å². The number of aromatic amines is 4. The fourth-order valence-corrected chi connectivity index (χ4v) is 18.2. The second-order valence-corrected chi connectivity index (χ2v) is 36.7. The Hall–Kier alpha value is -14.7. The molecule has 20 rings (SSSR count). The minimum absolute atomic E-state index is 0.0426. The van der Waals surface area contributed by atoms with Gasteiger partial charge >= 0.3 is 0 Å². The van der Waals surface area contributed by atoms with Crippen LogP contribution in [0, 0.1) is 21.7 Å². The van der Waals surface area contributed by atoms with Crippen molar-refractivity contribution in [3.05, 3.63) is 366 Å². The monoisotopic (exact) mass is 1660 g/mol. The van der Waals surface area contributed by atoms with Crippen LogP contribution in [0.15, 0.2) is 298 Å². The Morgan fingerprint density at radius 2 is 0.627 bits per heavy atom. The summed E-state index contributed by atoms with van der Waals surface area (Å²) in [5.41, 5.74) is 31.5. The van der Waals surface area contributed by atoms with E-state index in [1.165, 1.54) is 27.8 Å². The number of pyridine rings is 4. The quantitative estimate of drug-likeness (QED) is 0.0399. The average Bonchev–Trinajstić information content (AvgIpc) is 1.62. The number of anilines is 8. The largest absolute Gasteiger partial charge is 0.356 e. The van der Waals surface area contributed by atoms with Gasteiger partial charge < -0.3 is 41.2 Å². The summed E-state index contributed by atoms with van der Waals surface area (Å²) in [5.74, 6) is 0.742. The highest BCUT2D eigenvalue weighted by atomic mass is 16.1. The lowest BCUT2D eigenvalue weighted by Gasteiger charge is -2.28. The number of para-hydroxylation sites is 1. The van der Waals surface area contributed by atoms with Crippen LogP contribution in [-0.2, 0) is 45.6 Å². The van der Waals surface area contributed by atoms with Crippen molar-refractivity contribution in [3.8, 4) is 67.4 Å². The molecule has 630 valence electrons. The molecule has 0 saturated carbocycles. The maximum Gasteiger partial charge on any atom is 0.167 e. The first-order valence-electron chi connectivity index (χ1n) is 43.2. The number of carbonyl (C=O) groups excluding carboxylic acids is 4. The van der Waals surface area contributed by atoms with Crippen molar-refractivity contribution < 1.29 is 19.2 Å². The van der Waals surface area contributed by atoms with Crippen LogP contribution in [0.1, 0.15) is 168 Å². The van der Waals surface area contributed by atoms with Crippen molar-refractivity contribution in [2.75, 3.05) is 21.3 Å². The number of nitrogens with one attached hydrogen (secondary N) is 8. The van der Waals surface area contributed by atoms with Gasteiger partial charge in [-0.15, -0.1) is 0 Å². The van der Waals surface area contributed by atoms with Crippen LogP contribution in [0.5, 0.6) is 0 Å². The van der Waals surface area contributed by atoms with Crippen molar-refractivity contribution in [2.24, 2.45) is 28.7 Å². The highest BCUT2D eigenvalue weighted by molar-refractivity contribution is 6.11. The number of H-pyrrole nitrogens is 4. The Kier molecular flexibility index (Phi) is 23.7. The van der Waals surface area contributed by atoms with Crippen molar-refractivity contribution in [1.29, 1.82) is 0 Å². The molecule has 0 bridgehead atoms. The second kappa shape index (κ2) is 35.7. The number of ketones is 4. The molecule has 0 radical (unpaired) electrons. The lowest BCUT2D eigenvalue weighted by molar-refractivity contribution is 0.0903. The van der Waals surface area contributed by atoms with Crippen LogP contribution in [0.25, 0.3) is 67.4 Å². The summed E-state index contributed by atoms with van der Waals surface area (Å²) in [4.78, 5) is 83.6.